The van der Waals surface area contributed by atoms with Crippen molar-refractivity contribution in [2.45, 2.75) is 44.6 Å². The van der Waals surface area contributed by atoms with Gasteiger partial charge in [0.15, 0.2) is 0 Å². The van der Waals surface area contributed by atoms with Gasteiger partial charge in [0.25, 0.3) is 0 Å². The fraction of sp³-hybridized carbons (Fsp3) is 0.467. The highest BCUT2D eigenvalue weighted by molar-refractivity contribution is 8.17. The molecule has 0 fully saturated rings. The smallest absolute Gasteiger partial charge is 0.0912 e. The van der Waals surface area contributed by atoms with Crippen molar-refractivity contribution in [3.05, 3.63) is 45.8 Å². The molecule has 0 amide bonds. The first-order valence-electron chi connectivity index (χ1n) is 6.51. The molecule has 0 saturated carbocycles. The normalized spacial score (nSPS) is 14.6. The van der Waals surface area contributed by atoms with Gasteiger partial charge >= 0.3 is 0 Å². The van der Waals surface area contributed by atoms with Gasteiger partial charge < -0.3 is 5.73 Å². The maximum absolute atomic E-state index is 12.4. The molecule has 0 aliphatic carbocycles. The number of allylic oxidation sites excluding steroid dienone is 1. The number of benzene rings is 1. The molecule has 106 valence electrons. The van der Waals surface area contributed by atoms with Crippen molar-refractivity contribution >= 4 is 22.6 Å². The maximum atomic E-state index is 12.4. The molecule has 1 unspecified atom stereocenters. The van der Waals surface area contributed by atoms with Gasteiger partial charge in [-0.3, -0.25) is 4.21 Å². The molecule has 0 aromatic heterocycles. The minimum atomic E-state index is -1.02. The molecule has 0 spiro atoms. The molecule has 4 heteroatoms. The highest BCUT2D eigenvalue weighted by Crippen LogP contribution is 2.29. The summed E-state index contributed by atoms with van der Waals surface area (Å²) in [5, 5.41) is 0.475. The molecule has 0 bridgehead atoms. The van der Waals surface area contributed by atoms with Gasteiger partial charge in [-0.05, 0) is 5.56 Å². The van der Waals surface area contributed by atoms with Crippen molar-refractivity contribution in [2.75, 3.05) is 0 Å². The number of nitrogens with two attached hydrogens (primary N) is 1. The second-order valence-corrected chi connectivity index (χ2v) is 8.78. The van der Waals surface area contributed by atoms with Crippen molar-refractivity contribution in [3.63, 3.8) is 0 Å². The van der Waals surface area contributed by atoms with Gasteiger partial charge in [-0.25, -0.2) is 0 Å². The summed E-state index contributed by atoms with van der Waals surface area (Å²) in [7, 11) is -1.02. The fourth-order valence-corrected chi connectivity index (χ4v) is 4.51. The molecule has 1 aromatic rings. The topological polar surface area (TPSA) is 43.1 Å². The SMILES string of the molecule is CC(C)SC(=C(N)Cc1ccccc1)S(=O)C(C)C. The van der Waals surface area contributed by atoms with Crippen LogP contribution in [-0.2, 0) is 17.2 Å². The van der Waals surface area contributed by atoms with Crippen LogP contribution in [0.4, 0.5) is 0 Å². The van der Waals surface area contributed by atoms with Crippen LogP contribution in [0.1, 0.15) is 33.3 Å². The van der Waals surface area contributed by atoms with Crippen LogP contribution in [0.15, 0.2) is 40.3 Å². The zero-order chi connectivity index (χ0) is 14.4. The highest BCUT2D eigenvalue weighted by Gasteiger charge is 2.17. The van der Waals surface area contributed by atoms with Crippen molar-refractivity contribution in [1.82, 2.24) is 0 Å². The summed E-state index contributed by atoms with van der Waals surface area (Å²) in [6.45, 7) is 8.12. The lowest BCUT2D eigenvalue weighted by atomic mass is 10.1. The van der Waals surface area contributed by atoms with Crippen LogP contribution in [0, 0.1) is 0 Å². The van der Waals surface area contributed by atoms with E-state index in [1.54, 1.807) is 11.8 Å². The van der Waals surface area contributed by atoms with Gasteiger partial charge in [0.2, 0.25) is 0 Å². The molecule has 0 aliphatic heterocycles. The summed E-state index contributed by atoms with van der Waals surface area (Å²) >= 11 is 1.62. The van der Waals surface area contributed by atoms with Crippen molar-refractivity contribution < 1.29 is 4.21 Å². The van der Waals surface area contributed by atoms with E-state index < -0.39 is 10.8 Å². The minimum Gasteiger partial charge on any atom is -0.400 e. The Morgan fingerprint density at radius 2 is 1.79 bits per heavy atom. The van der Waals surface area contributed by atoms with E-state index in [0.717, 1.165) is 15.5 Å². The van der Waals surface area contributed by atoms with Gasteiger partial charge in [0.05, 0.1) is 15.0 Å². The number of rotatable bonds is 6. The zero-order valence-electron chi connectivity index (χ0n) is 12.1. The van der Waals surface area contributed by atoms with Crippen molar-refractivity contribution in [2.24, 2.45) is 5.73 Å². The first-order chi connectivity index (χ1) is 8.91. The Bertz CT molecular complexity index is 452. The Morgan fingerprint density at radius 1 is 1.21 bits per heavy atom. The number of hydrogen-bond donors (Lipinski definition) is 1. The van der Waals surface area contributed by atoms with Gasteiger partial charge in [0, 0.05) is 22.6 Å². The lowest BCUT2D eigenvalue weighted by molar-refractivity contribution is 0.681. The average Bonchev–Trinajstić information content (AvgIpc) is 2.35. The number of thioether (sulfide) groups is 1. The summed E-state index contributed by atoms with van der Waals surface area (Å²) in [6, 6.07) is 10.1. The van der Waals surface area contributed by atoms with Gasteiger partial charge in [-0.1, -0.05) is 58.0 Å². The van der Waals surface area contributed by atoms with Crippen LogP contribution in [0.25, 0.3) is 0 Å². The van der Waals surface area contributed by atoms with Gasteiger partial charge in [-0.15, -0.1) is 11.8 Å². The van der Waals surface area contributed by atoms with Crippen LogP contribution in [0.5, 0.6) is 0 Å². The molecule has 0 radical (unpaired) electrons. The monoisotopic (exact) mass is 297 g/mol. The Morgan fingerprint density at radius 3 is 2.26 bits per heavy atom. The Kier molecular flexibility index (Phi) is 6.66. The van der Waals surface area contributed by atoms with Gasteiger partial charge in [-0.2, -0.15) is 0 Å². The third-order valence-electron chi connectivity index (χ3n) is 2.45. The Balaban J connectivity index is 2.99. The lowest BCUT2D eigenvalue weighted by Crippen LogP contribution is -2.14. The maximum Gasteiger partial charge on any atom is 0.0912 e. The molecule has 1 atom stereocenters. The van der Waals surface area contributed by atoms with Crippen LogP contribution in [-0.4, -0.2) is 14.7 Å². The molecule has 1 aromatic carbocycles. The van der Waals surface area contributed by atoms with E-state index in [-0.39, 0.29) is 5.25 Å². The van der Waals surface area contributed by atoms with E-state index in [4.69, 9.17) is 5.73 Å². The summed E-state index contributed by atoms with van der Waals surface area (Å²) in [5.41, 5.74) is 8.09. The van der Waals surface area contributed by atoms with E-state index in [1.165, 1.54) is 0 Å². The van der Waals surface area contributed by atoms with Crippen LogP contribution in [0.3, 0.4) is 0 Å². The molecule has 19 heavy (non-hydrogen) atoms. The summed E-state index contributed by atoms with van der Waals surface area (Å²) in [5.74, 6) is 0. The molecular weight excluding hydrogens is 274 g/mol. The fourth-order valence-electron chi connectivity index (χ4n) is 1.57. The molecule has 0 saturated heterocycles. The van der Waals surface area contributed by atoms with Crippen molar-refractivity contribution in [1.29, 1.82) is 0 Å². The van der Waals surface area contributed by atoms with Crippen molar-refractivity contribution in [3.8, 4) is 0 Å². The minimum absolute atomic E-state index is 0.0931. The first-order valence-corrected chi connectivity index (χ1v) is 8.60. The highest BCUT2D eigenvalue weighted by atomic mass is 32.2. The van der Waals surface area contributed by atoms with Crippen LogP contribution < -0.4 is 5.73 Å². The quantitative estimate of drug-likeness (QED) is 0.871. The molecule has 2 N–H and O–H groups in total. The molecule has 2 nitrogen and oxygen atoms in total. The Labute approximate surface area is 123 Å². The molecule has 1 rings (SSSR count). The third-order valence-corrected chi connectivity index (χ3v) is 5.67. The van der Waals surface area contributed by atoms with E-state index in [2.05, 4.69) is 13.8 Å². The summed E-state index contributed by atoms with van der Waals surface area (Å²) in [6.07, 6.45) is 0.661. The van der Waals surface area contributed by atoms with Crippen LogP contribution >= 0.6 is 11.8 Å². The lowest BCUT2D eigenvalue weighted by Gasteiger charge is -2.15. The van der Waals surface area contributed by atoms with E-state index in [9.17, 15) is 4.21 Å². The second-order valence-electron chi connectivity index (χ2n) is 4.99. The third kappa shape index (κ3) is 5.41. The van der Waals surface area contributed by atoms with Crippen LogP contribution in [0.2, 0.25) is 0 Å². The van der Waals surface area contributed by atoms with Gasteiger partial charge in [0.1, 0.15) is 0 Å². The molecule has 0 aliphatic rings. The molecule has 0 heterocycles. The van der Waals surface area contributed by atoms with E-state index >= 15 is 0 Å². The second kappa shape index (κ2) is 7.75. The summed E-state index contributed by atoms with van der Waals surface area (Å²) < 4.78 is 13.2. The number of hydrogen-bond acceptors (Lipinski definition) is 3. The molecular formula is C15H23NOS2. The van der Waals surface area contributed by atoms with E-state index in [0.29, 0.717) is 11.7 Å². The predicted octanol–water partition coefficient (Wildman–Crippen LogP) is 3.66. The first kappa shape index (κ1) is 16.3. The zero-order valence-corrected chi connectivity index (χ0v) is 13.7. The average molecular weight is 297 g/mol. The van der Waals surface area contributed by atoms with E-state index in [1.807, 2.05) is 44.2 Å². The summed E-state index contributed by atoms with van der Waals surface area (Å²) in [4.78, 5) is 0. The standard InChI is InChI=1S/C15H23NOS2/c1-11(2)18-15(19(17)12(3)4)14(16)10-13-8-6-5-7-9-13/h5-9,11-12H,10,16H2,1-4H3. The largest absolute Gasteiger partial charge is 0.400 e. The predicted molar refractivity (Wildman–Crippen MR) is 87.4 cm³/mol. The Hall–Kier alpha value is -0.740.